The van der Waals surface area contributed by atoms with Gasteiger partial charge in [0.15, 0.2) is 0 Å². The first-order valence-electron chi connectivity index (χ1n) is 5.83. The van der Waals surface area contributed by atoms with Gasteiger partial charge in [-0.2, -0.15) is 4.72 Å². The molecule has 1 saturated heterocycles. The maximum Gasteiger partial charge on any atom is 0.346 e. The van der Waals surface area contributed by atoms with Crippen LogP contribution in [0.1, 0.15) is 21.7 Å². The molecule has 2 rings (SSSR count). The van der Waals surface area contributed by atoms with Crippen LogP contribution in [0.2, 0.25) is 0 Å². The van der Waals surface area contributed by atoms with E-state index in [1.807, 2.05) is 0 Å². The van der Waals surface area contributed by atoms with Crippen LogP contribution >= 0.6 is 11.3 Å². The van der Waals surface area contributed by atoms with Gasteiger partial charge in [-0.25, -0.2) is 13.2 Å². The number of carboxylic acid groups (broad SMARTS) is 1. The highest BCUT2D eigenvalue weighted by atomic mass is 32.2. The number of carbonyl (C=O) groups is 2. The fourth-order valence-corrected chi connectivity index (χ4v) is 4.59. The number of likely N-dealkylation sites (tertiary alicyclic amines) is 1. The minimum Gasteiger partial charge on any atom is -0.477 e. The van der Waals surface area contributed by atoms with Crippen LogP contribution in [0.15, 0.2) is 10.3 Å². The zero-order valence-corrected chi connectivity index (χ0v) is 12.5. The van der Waals surface area contributed by atoms with Gasteiger partial charge in [-0.3, -0.25) is 4.79 Å². The van der Waals surface area contributed by atoms with Gasteiger partial charge < -0.3 is 10.0 Å². The molecule has 1 amide bonds. The molecular weight excluding hydrogens is 304 g/mol. The molecular formula is C11H14N2O5S2. The summed E-state index contributed by atoms with van der Waals surface area (Å²) in [6.07, 6.45) is 0.407. The largest absolute Gasteiger partial charge is 0.477 e. The summed E-state index contributed by atoms with van der Waals surface area (Å²) < 4.78 is 26.6. The van der Waals surface area contributed by atoms with E-state index in [9.17, 15) is 18.0 Å². The third kappa shape index (κ3) is 2.69. The number of aryl methyl sites for hydroxylation is 1. The molecule has 0 bridgehead atoms. The van der Waals surface area contributed by atoms with Gasteiger partial charge in [0.1, 0.15) is 15.1 Å². The molecule has 7 nitrogen and oxygen atoms in total. The van der Waals surface area contributed by atoms with Crippen molar-refractivity contribution in [2.45, 2.75) is 23.6 Å². The molecule has 1 aromatic heterocycles. The monoisotopic (exact) mass is 318 g/mol. The van der Waals surface area contributed by atoms with Crippen LogP contribution in [-0.2, 0) is 14.8 Å². The molecule has 1 aromatic rings. The minimum atomic E-state index is -3.88. The second-order valence-corrected chi connectivity index (χ2v) is 7.60. The number of carbonyl (C=O) groups excluding carboxylic acids is 1. The van der Waals surface area contributed by atoms with Gasteiger partial charge in [-0.1, -0.05) is 0 Å². The van der Waals surface area contributed by atoms with Crippen molar-refractivity contribution in [1.29, 1.82) is 0 Å². The SMILES string of the molecule is Cc1cc(S(=O)(=O)NC2CCN(C)C2=O)sc1C(=O)O. The Labute approximate surface area is 120 Å². The standard InChI is InChI=1S/C11H14N2O5S2/c1-6-5-8(19-9(6)11(15)16)20(17,18)12-7-3-4-13(2)10(7)14/h5,7,12H,3-4H2,1-2H3,(H,15,16). The topological polar surface area (TPSA) is 104 Å². The Bertz CT molecular complexity index is 664. The van der Waals surface area contributed by atoms with Crippen molar-refractivity contribution in [3.63, 3.8) is 0 Å². The van der Waals surface area contributed by atoms with Crippen LogP contribution in [-0.4, -0.2) is 49.9 Å². The summed E-state index contributed by atoms with van der Waals surface area (Å²) in [5.41, 5.74) is 0.387. The second kappa shape index (κ2) is 5.15. The number of nitrogens with one attached hydrogen (secondary N) is 1. The minimum absolute atomic E-state index is 0.0137. The smallest absolute Gasteiger partial charge is 0.346 e. The summed E-state index contributed by atoms with van der Waals surface area (Å²) in [5, 5.41) is 8.94. The quantitative estimate of drug-likeness (QED) is 0.829. The van der Waals surface area contributed by atoms with Crippen molar-refractivity contribution in [2.75, 3.05) is 13.6 Å². The summed E-state index contributed by atoms with van der Waals surface area (Å²) in [6, 6.07) is 0.528. The molecule has 1 fully saturated rings. The van der Waals surface area contributed by atoms with Crippen LogP contribution in [0, 0.1) is 6.92 Å². The zero-order valence-electron chi connectivity index (χ0n) is 10.9. The van der Waals surface area contributed by atoms with Gasteiger partial charge in [0.2, 0.25) is 5.91 Å². The van der Waals surface area contributed by atoms with E-state index in [1.165, 1.54) is 17.9 Å². The average Bonchev–Trinajstić information content (AvgIpc) is 2.87. The maximum absolute atomic E-state index is 12.2. The summed E-state index contributed by atoms with van der Waals surface area (Å²) in [6.45, 7) is 2.03. The fourth-order valence-electron chi connectivity index (χ4n) is 1.97. The highest BCUT2D eigenvalue weighted by Crippen LogP contribution is 2.26. The lowest BCUT2D eigenvalue weighted by Gasteiger charge is -2.11. The number of amides is 1. The van der Waals surface area contributed by atoms with Crippen LogP contribution in [0.3, 0.4) is 0 Å². The highest BCUT2D eigenvalue weighted by Gasteiger charge is 2.33. The van der Waals surface area contributed by atoms with Crippen molar-refractivity contribution in [3.8, 4) is 0 Å². The number of hydrogen-bond donors (Lipinski definition) is 2. The first-order chi connectivity index (χ1) is 9.22. The average molecular weight is 318 g/mol. The number of sulfonamides is 1. The molecule has 1 atom stereocenters. The Kier molecular flexibility index (Phi) is 3.85. The molecule has 0 aliphatic carbocycles. The lowest BCUT2D eigenvalue weighted by Crippen LogP contribution is -2.40. The van der Waals surface area contributed by atoms with Gasteiger partial charge >= 0.3 is 5.97 Å². The number of thiophene rings is 1. The van der Waals surface area contributed by atoms with Crippen LogP contribution in [0.25, 0.3) is 0 Å². The third-order valence-electron chi connectivity index (χ3n) is 3.08. The Morgan fingerprint density at radius 3 is 2.65 bits per heavy atom. The molecule has 0 radical (unpaired) electrons. The molecule has 1 aliphatic rings. The van der Waals surface area contributed by atoms with Crippen molar-refractivity contribution < 1.29 is 23.1 Å². The second-order valence-electron chi connectivity index (χ2n) is 4.61. The lowest BCUT2D eigenvalue weighted by molar-refractivity contribution is -0.127. The number of rotatable bonds is 4. The Hall–Kier alpha value is -1.45. The number of nitrogens with zero attached hydrogens (tertiary/aromatic N) is 1. The van der Waals surface area contributed by atoms with Crippen molar-refractivity contribution in [2.24, 2.45) is 0 Å². The molecule has 20 heavy (non-hydrogen) atoms. The summed E-state index contributed by atoms with van der Waals surface area (Å²) in [7, 11) is -2.27. The molecule has 1 aliphatic heterocycles. The van der Waals surface area contributed by atoms with Crippen LogP contribution in [0.5, 0.6) is 0 Å². The zero-order chi connectivity index (χ0) is 15.1. The molecule has 9 heteroatoms. The van der Waals surface area contributed by atoms with Crippen LogP contribution in [0.4, 0.5) is 0 Å². The molecule has 0 saturated carbocycles. The molecule has 0 aromatic carbocycles. The van der Waals surface area contributed by atoms with Gasteiger partial charge in [0, 0.05) is 13.6 Å². The normalized spacial score (nSPS) is 19.6. The van der Waals surface area contributed by atoms with E-state index in [0.717, 1.165) is 0 Å². The van der Waals surface area contributed by atoms with Crippen molar-refractivity contribution in [3.05, 3.63) is 16.5 Å². The van der Waals surface area contributed by atoms with E-state index in [0.29, 0.717) is 29.9 Å². The number of aromatic carboxylic acids is 1. The van der Waals surface area contributed by atoms with E-state index in [2.05, 4.69) is 4.72 Å². The summed E-state index contributed by atoms with van der Waals surface area (Å²) in [4.78, 5) is 24.1. The first kappa shape index (κ1) is 14.9. The summed E-state index contributed by atoms with van der Waals surface area (Å²) in [5.74, 6) is -1.44. The van der Waals surface area contributed by atoms with Crippen LogP contribution < -0.4 is 4.72 Å². The number of likely N-dealkylation sites (N-methyl/N-ethyl adjacent to an activating group) is 1. The van der Waals surface area contributed by atoms with Crippen molar-refractivity contribution in [1.82, 2.24) is 9.62 Å². The van der Waals surface area contributed by atoms with E-state index in [1.54, 1.807) is 7.05 Å². The van der Waals surface area contributed by atoms with Gasteiger partial charge in [-0.15, -0.1) is 11.3 Å². The molecule has 2 heterocycles. The number of carboxylic acids is 1. The fraction of sp³-hybridized carbons (Fsp3) is 0.455. The third-order valence-corrected chi connectivity index (χ3v) is 6.25. The Balaban J connectivity index is 2.25. The summed E-state index contributed by atoms with van der Waals surface area (Å²) >= 11 is 0.685. The van der Waals surface area contributed by atoms with Gasteiger partial charge in [-0.05, 0) is 25.0 Å². The van der Waals surface area contributed by atoms with Crippen molar-refractivity contribution >= 4 is 33.2 Å². The molecule has 2 N–H and O–H groups in total. The predicted octanol–water partition coefficient (Wildman–Crippen LogP) is 0.264. The highest BCUT2D eigenvalue weighted by molar-refractivity contribution is 7.91. The molecule has 1 unspecified atom stereocenters. The lowest BCUT2D eigenvalue weighted by atomic mass is 10.3. The van der Waals surface area contributed by atoms with E-state index < -0.39 is 22.0 Å². The predicted molar refractivity (Wildman–Crippen MR) is 72.4 cm³/mol. The molecule has 0 spiro atoms. The number of hydrogen-bond acceptors (Lipinski definition) is 5. The van der Waals surface area contributed by atoms with E-state index in [-0.39, 0.29) is 15.0 Å². The van der Waals surface area contributed by atoms with Gasteiger partial charge in [0.05, 0.1) is 0 Å². The first-order valence-corrected chi connectivity index (χ1v) is 8.13. The maximum atomic E-state index is 12.2. The van der Waals surface area contributed by atoms with E-state index >= 15 is 0 Å². The van der Waals surface area contributed by atoms with Gasteiger partial charge in [0.25, 0.3) is 10.0 Å². The Morgan fingerprint density at radius 2 is 2.20 bits per heavy atom. The van der Waals surface area contributed by atoms with E-state index in [4.69, 9.17) is 5.11 Å². The molecule has 110 valence electrons. The Morgan fingerprint density at radius 1 is 1.55 bits per heavy atom.